The van der Waals surface area contributed by atoms with Crippen LogP contribution in [0.1, 0.15) is 11.1 Å². The van der Waals surface area contributed by atoms with Gasteiger partial charge in [-0.2, -0.15) is 5.26 Å². The number of hydrogen-bond donors (Lipinski definition) is 1. The molecule has 0 fully saturated rings. The molecule has 0 heterocycles. The van der Waals surface area contributed by atoms with Crippen molar-refractivity contribution in [2.75, 3.05) is 0 Å². The summed E-state index contributed by atoms with van der Waals surface area (Å²) in [5.41, 5.74) is 1.89. The van der Waals surface area contributed by atoms with E-state index in [-0.39, 0.29) is 5.75 Å². The lowest BCUT2D eigenvalue weighted by atomic mass is 10.1. The first-order valence-corrected chi connectivity index (χ1v) is 4.29. The van der Waals surface area contributed by atoms with E-state index in [1.165, 1.54) is 0 Å². The second-order valence-electron chi connectivity index (χ2n) is 2.56. The third-order valence-electron chi connectivity index (χ3n) is 1.67. The van der Waals surface area contributed by atoms with Gasteiger partial charge in [0.1, 0.15) is 5.75 Å². The van der Waals surface area contributed by atoms with E-state index in [1.54, 1.807) is 6.07 Å². The lowest BCUT2D eigenvalue weighted by Gasteiger charge is -2.03. The average molecular weight is 226 g/mol. The van der Waals surface area contributed by atoms with E-state index in [0.717, 1.165) is 11.1 Å². The lowest BCUT2D eigenvalue weighted by Crippen LogP contribution is -1.87. The molecule has 0 unspecified atom stereocenters. The first kappa shape index (κ1) is 9.08. The minimum absolute atomic E-state index is 0.186. The van der Waals surface area contributed by atoms with E-state index in [4.69, 9.17) is 5.26 Å². The van der Waals surface area contributed by atoms with Crippen molar-refractivity contribution in [2.24, 2.45) is 0 Å². The number of nitriles is 1. The summed E-state index contributed by atoms with van der Waals surface area (Å²) in [6.07, 6.45) is 0.340. The Labute approximate surface area is 79.6 Å². The summed E-state index contributed by atoms with van der Waals surface area (Å²) in [7, 11) is 0. The van der Waals surface area contributed by atoms with E-state index in [9.17, 15) is 5.11 Å². The largest absolute Gasteiger partial charge is 0.507 e. The van der Waals surface area contributed by atoms with Crippen LogP contribution in [0, 0.1) is 18.3 Å². The maximum atomic E-state index is 9.29. The molecule has 0 saturated carbocycles. The summed E-state index contributed by atoms with van der Waals surface area (Å²) < 4.78 is 0.668. The van der Waals surface area contributed by atoms with Crippen LogP contribution < -0.4 is 0 Å². The van der Waals surface area contributed by atoms with E-state index in [2.05, 4.69) is 15.9 Å². The molecule has 0 amide bonds. The van der Waals surface area contributed by atoms with Gasteiger partial charge in [-0.05, 0) is 46.1 Å². The number of benzene rings is 1. The number of rotatable bonds is 1. The van der Waals surface area contributed by atoms with Crippen molar-refractivity contribution in [1.29, 1.82) is 5.26 Å². The van der Waals surface area contributed by atoms with Crippen LogP contribution in [0.4, 0.5) is 0 Å². The standard InChI is InChI=1S/C9H8BrNO/c1-6-4-8(10)9(12)5-7(6)2-3-11/h4-5,12H,2H2,1H3. The maximum absolute atomic E-state index is 9.29. The summed E-state index contributed by atoms with van der Waals surface area (Å²) in [4.78, 5) is 0. The first-order valence-electron chi connectivity index (χ1n) is 3.50. The number of phenols is 1. The molecule has 1 rings (SSSR count). The Bertz CT molecular complexity index is 341. The van der Waals surface area contributed by atoms with Crippen molar-refractivity contribution < 1.29 is 5.11 Å². The molecule has 62 valence electrons. The van der Waals surface area contributed by atoms with Crippen LogP contribution in [0.2, 0.25) is 0 Å². The van der Waals surface area contributed by atoms with Crippen LogP contribution in [-0.2, 0) is 6.42 Å². The molecule has 0 bridgehead atoms. The van der Waals surface area contributed by atoms with Gasteiger partial charge in [0.05, 0.1) is 17.0 Å². The molecule has 0 aliphatic heterocycles. The number of nitrogens with zero attached hydrogens (tertiary/aromatic N) is 1. The highest BCUT2D eigenvalue weighted by Crippen LogP contribution is 2.27. The third kappa shape index (κ3) is 1.77. The molecule has 0 aliphatic carbocycles. The predicted octanol–water partition coefficient (Wildman–Crippen LogP) is 2.53. The van der Waals surface area contributed by atoms with Crippen LogP contribution in [0.3, 0.4) is 0 Å². The van der Waals surface area contributed by atoms with Gasteiger partial charge in [-0.1, -0.05) is 0 Å². The van der Waals surface area contributed by atoms with E-state index in [0.29, 0.717) is 10.9 Å². The number of phenolic OH excluding ortho intramolecular Hbond substituents is 1. The second-order valence-corrected chi connectivity index (χ2v) is 3.42. The molecule has 1 N–H and O–H groups in total. The molecular formula is C9H8BrNO. The van der Waals surface area contributed by atoms with Crippen molar-refractivity contribution in [1.82, 2.24) is 0 Å². The van der Waals surface area contributed by atoms with Gasteiger partial charge in [-0.15, -0.1) is 0 Å². The monoisotopic (exact) mass is 225 g/mol. The highest BCUT2D eigenvalue weighted by molar-refractivity contribution is 9.10. The molecule has 0 radical (unpaired) electrons. The third-order valence-corrected chi connectivity index (χ3v) is 2.31. The van der Waals surface area contributed by atoms with Gasteiger partial charge < -0.3 is 5.11 Å². The summed E-state index contributed by atoms with van der Waals surface area (Å²) in [6, 6.07) is 5.47. The van der Waals surface area contributed by atoms with Gasteiger partial charge in [-0.3, -0.25) is 0 Å². The van der Waals surface area contributed by atoms with Crippen molar-refractivity contribution in [2.45, 2.75) is 13.3 Å². The van der Waals surface area contributed by atoms with Gasteiger partial charge in [0.25, 0.3) is 0 Å². The van der Waals surface area contributed by atoms with Gasteiger partial charge >= 0.3 is 0 Å². The topological polar surface area (TPSA) is 44.0 Å². The Morgan fingerprint density at radius 1 is 1.58 bits per heavy atom. The highest BCUT2D eigenvalue weighted by Gasteiger charge is 2.03. The molecule has 0 aliphatic rings. The first-order chi connectivity index (χ1) is 5.65. The van der Waals surface area contributed by atoms with Gasteiger partial charge in [0, 0.05) is 0 Å². The molecule has 0 saturated heterocycles. The molecule has 2 nitrogen and oxygen atoms in total. The fourth-order valence-corrected chi connectivity index (χ4v) is 1.44. The molecule has 1 aromatic rings. The molecular weight excluding hydrogens is 218 g/mol. The zero-order chi connectivity index (χ0) is 9.14. The smallest absolute Gasteiger partial charge is 0.130 e. The van der Waals surface area contributed by atoms with Crippen molar-refractivity contribution in [3.05, 3.63) is 27.7 Å². The normalized spacial score (nSPS) is 9.42. The van der Waals surface area contributed by atoms with Gasteiger partial charge in [-0.25, -0.2) is 0 Å². The number of hydrogen-bond acceptors (Lipinski definition) is 2. The van der Waals surface area contributed by atoms with Crippen LogP contribution in [0.25, 0.3) is 0 Å². The van der Waals surface area contributed by atoms with Gasteiger partial charge in [0.2, 0.25) is 0 Å². The summed E-state index contributed by atoms with van der Waals surface area (Å²) in [6.45, 7) is 1.91. The minimum atomic E-state index is 0.186. The van der Waals surface area contributed by atoms with Crippen LogP contribution >= 0.6 is 15.9 Å². The van der Waals surface area contributed by atoms with Crippen LogP contribution in [-0.4, -0.2) is 5.11 Å². The number of aryl methyl sites for hydroxylation is 1. The van der Waals surface area contributed by atoms with Crippen LogP contribution in [0.15, 0.2) is 16.6 Å². The Morgan fingerprint density at radius 2 is 2.25 bits per heavy atom. The summed E-state index contributed by atoms with van der Waals surface area (Å²) in [5.74, 6) is 0.186. The SMILES string of the molecule is Cc1cc(Br)c(O)cc1CC#N. The Kier molecular flexibility index (Phi) is 2.72. The van der Waals surface area contributed by atoms with E-state index >= 15 is 0 Å². The van der Waals surface area contributed by atoms with Crippen molar-refractivity contribution in [3.8, 4) is 11.8 Å². The quantitative estimate of drug-likeness (QED) is 0.799. The average Bonchev–Trinajstić information content (AvgIpc) is 2.01. The second kappa shape index (κ2) is 3.59. The Balaban J connectivity index is 3.16. The summed E-state index contributed by atoms with van der Waals surface area (Å²) in [5, 5.41) is 17.8. The van der Waals surface area contributed by atoms with Crippen LogP contribution in [0.5, 0.6) is 5.75 Å². The molecule has 0 atom stereocenters. The molecule has 1 aromatic carbocycles. The van der Waals surface area contributed by atoms with Crippen molar-refractivity contribution >= 4 is 15.9 Å². The minimum Gasteiger partial charge on any atom is -0.507 e. The number of halogens is 1. The Morgan fingerprint density at radius 3 is 2.83 bits per heavy atom. The predicted molar refractivity (Wildman–Crippen MR) is 49.9 cm³/mol. The van der Waals surface area contributed by atoms with E-state index in [1.807, 2.05) is 19.1 Å². The zero-order valence-electron chi connectivity index (χ0n) is 6.63. The molecule has 12 heavy (non-hydrogen) atoms. The van der Waals surface area contributed by atoms with E-state index < -0.39 is 0 Å². The fraction of sp³-hybridized carbons (Fsp3) is 0.222. The molecule has 3 heteroatoms. The fourth-order valence-electron chi connectivity index (χ4n) is 0.980. The summed E-state index contributed by atoms with van der Waals surface area (Å²) >= 11 is 3.20. The van der Waals surface area contributed by atoms with Gasteiger partial charge in [0.15, 0.2) is 0 Å². The van der Waals surface area contributed by atoms with Crippen molar-refractivity contribution in [3.63, 3.8) is 0 Å². The molecule has 0 spiro atoms. The lowest BCUT2D eigenvalue weighted by molar-refractivity contribution is 0.471. The highest BCUT2D eigenvalue weighted by atomic mass is 79.9. The maximum Gasteiger partial charge on any atom is 0.130 e. The molecule has 0 aromatic heterocycles. The Hall–Kier alpha value is -1.01. The number of aromatic hydroxyl groups is 1. The zero-order valence-corrected chi connectivity index (χ0v) is 8.22.